The Morgan fingerprint density at radius 1 is 0.808 bits per heavy atom. The molecule has 3 N–H and O–H groups in total. The van der Waals surface area contributed by atoms with Crippen molar-refractivity contribution >= 4 is 40.3 Å². The van der Waals surface area contributed by atoms with Crippen LogP contribution < -0.4 is 21.2 Å². The van der Waals surface area contributed by atoms with Crippen molar-refractivity contribution in [2.24, 2.45) is 0 Å². The predicted molar refractivity (Wildman–Crippen MR) is 109 cm³/mol. The van der Waals surface area contributed by atoms with Crippen molar-refractivity contribution in [3.05, 3.63) is 84.8 Å². The number of hydrogen-bond acceptors (Lipinski definition) is 4. The quantitative estimate of drug-likeness (QED) is 0.486. The third-order valence-electron chi connectivity index (χ3n) is 4.81. The van der Waals surface area contributed by atoms with Crippen LogP contribution >= 0.6 is 0 Å². The lowest BCUT2D eigenvalue weighted by molar-refractivity contribution is 0.518. The fourth-order valence-corrected chi connectivity index (χ4v) is 3.59. The van der Waals surface area contributed by atoms with Crippen molar-refractivity contribution in [1.29, 1.82) is 0 Å². The van der Waals surface area contributed by atoms with Crippen LogP contribution in [0, 0.1) is 0 Å². The SMILES string of the molecule is c1coc(CNc2ccccc2B2Nc3cccc4cccc(c34)N2)c1. The van der Waals surface area contributed by atoms with Gasteiger partial charge in [0.05, 0.1) is 12.8 Å². The van der Waals surface area contributed by atoms with Gasteiger partial charge in [0.1, 0.15) is 5.76 Å². The van der Waals surface area contributed by atoms with Crippen LogP contribution in [0.5, 0.6) is 0 Å². The summed E-state index contributed by atoms with van der Waals surface area (Å²) >= 11 is 0. The maximum atomic E-state index is 5.43. The minimum absolute atomic E-state index is 0.00389. The summed E-state index contributed by atoms with van der Waals surface area (Å²) in [6.45, 7) is 0.652. The van der Waals surface area contributed by atoms with Crippen molar-refractivity contribution in [1.82, 2.24) is 0 Å². The van der Waals surface area contributed by atoms with Gasteiger partial charge < -0.3 is 20.2 Å². The van der Waals surface area contributed by atoms with E-state index in [9.17, 15) is 0 Å². The van der Waals surface area contributed by atoms with Crippen LogP contribution in [-0.2, 0) is 6.54 Å². The summed E-state index contributed by atoms with van der Waals surface area (Å²) in [4.78, 5) is 0. The van der Waals surface area contributed by atoms with Crippen LogP contribution in [-0.4, -0.2) is 6.98 Å². The zero-order valence-corrected chi connectivity index (χ0v) is 14.2. The van der Waals surface area contributed by atoms with Crippen molar-refractivity contribution < 1.29 is 4.42 Å². The Bertz CT molecular complexity index is 1020. The molecule has 0 radical (unpaired) electrons. The first-order chi connectivity index (χ1) is 12.9. The molecule has 0 aliphatic carbocycles. The average molecular weight is 339 g/mol. The van der Waals surface area contributed by atoms with E-state index in [2.05, 4.69) is 70.4 Å². The molecule has 0 saturated carbocycles. The summed E-state index contributed by atoms with van der Waals surface area (Å²) in [5.74, 6) is 0.916. The molecule has 1 aromatic heterocycles. The summed E-state index contributed by atoms with van der Waals surface area (Å²) in [5.41, 5.74) is 4.57. The van der Waals surface area contributed by atoms with Crippen LogP contribution in [0.3, 0.4) is 0 Å². The van der Waals surface area contributed by atoms with Crippen molar-refractivity contribution in [3.8, 4) is 0 Å². The molecule has 5 heteroatoms. The van der Waals surface area contributed by atoms with Gasteiger partial charge in [-0.1, -0.05) is 42.5 Å². The van der Waals surface area contributed by atoms with Gasteiger partial charge in [0.15, 0.2) is 0 Å². The molecule has 1 aliphatic rings. The van der Waals surface area contributed by atoms with Gasteiger partial charge >= 0.3 is 6.98 Å². The van der Waals surface area contributed by atoms with E-state index in [1.54, 1.807) is 6.26 Å². The number of nitrogens with one attached hydrogen (secondary N) is 3. The summed E-state index contributed by atoms with van der Waals surface area (Å²) in [6.07, 6.45) is 1.70. The van der Waals surface area contributed by atoms with Gasteiger partial charge in [-0.25, -0.2) is 0 Å². The molecule has 26 heavy (non-hydrogen) atoms. The monoisotopic (exact) mass is 339 g/mol. The van der Waals surface area contributed by atoms with E-state index in [-0.39, 0.29) is 6.98 Å². The molecule has 2 heterocycles. The lowest BCUT2D eigenvalue weighted by atomic mass is 9.65. The van der Waals surface area contributed by atoms with E-state index in [1.165, 1.54) is 16.2 Å². The minimum Gasteiger partial charge on any atom is -0.467 e. The topological polar surface area (TPSA) is 49.2 Å². The Balaban J connectivity index is 1.48. The van der Waals surface area contributed by atoms with E-state index in [4.69, 9.17) is 4.42 Å². The molecule has 0 spiro atoms. The molecule has 0 unspecified atom stereocenters. The molecule has 0 amide bonds. The third kappa shape index (κ3) is 2.58. The molecule has 3 aromatic carbocycles. The molecule has 126 valence electrons. The summed E-state index contributed by atoms with van der Waals surface area (Å²) in [6, 6.07) is 25.0. The van der Waals surface area contributed by atoms with Gasteiger partial charge in [-0.15, -0.1) is 0 Å². The molecule has 0 bridgehead atoms. The van der Waals surface area contributed by atoms with Gasteiger partial charge in [0.2, 0.25) is 0 Å². The summed E-state index contributed by atoms with van der Waals surface area (Å²) < 4.78 is 5.43. The highest BCUT2D eigenvalue weighted by atomic mass is 16.3. The second kappa shape index (κ2) is 6.19. The normalized spacial score (nSPS) is 12.5. The van der Waals surface area contributed by atoms with Gasteiger partial charge in [-0.2, -0.15) is 0 Å². The summed E-state index contributed by atoms with van der Waals surface area (Å²) in [5, 5.41) is 13.2. The first kappa shape index (κ1) is 15.0. The van der Waals surface area contributed by atoms with Crippen LogP contribution in [0.25, 0.3) is 10.8 Å². The fourth-order valence-electron chi connectivity index (χ4n) is 3.59. The van der Waals surface area contributed by atoms with E-state index in [0.29, 0.717) is 6.54 Å². The Hall–Kier alpha value is -3.34. The average Bonchev–Trinajstić information content (AvgIpc) is 3.21. The molecule has 0 fully saturated rings. The van der Waals surface area contributed by atoms with Crippen LogP contribution in [0.1, 0.15) is 5.76 Å². The second-order valence-corrected chi connectivity index (χ2v) is 6.45. The largest absolute Gasteiger partial charge is 0.467 e. The Morgan fingerprint density at radius 3 is 2.31 bits per heavy atom. The first-order valence-electron chi connectivity index (χ1n) is 8.78. The van der Waals surface area contributed by atoms with Crippen LogP contribution in [0.4, 0.5) is 17.1 Å². The molecular weight excluding hydrogens is 321 g/mol. The molecular formula is C21H18BN3O. The number of para-hydroxylation sites is 1. The number of furan rings is 1. The maximum Gasteiger partial charge on any atom is 0.408 e. The van der Waals surface area contributed by atoms with E-state index in [1.807, 2.05) is 18.2 Å². The van der Waals surface area contributed by atoms with E-state index in [0.717, 1.165) is 22.8 Å². The van der Waals surface area contributed by atoms with Gasteiger partial charge in [0, 0.05) is 22.4 Å². The molecule has 4 aromatic rings. The van der Waals surface area contributed by atoms with Crippen molar-refractivity contribution in [3.63, 3.8) is 0 Å². The smallest absolute Gasteiger partial charge is 0.408 e. The number of anilines is 3. The zero-order chi connectivity index (χ0) is 17.3. The maximum absolute atomic E-state index is 5.43. The Labute approximate surface area is 152 Å². The highest BCUT2D eigenvalue weighted by Crippen LogP contribution is 2.34. The van der Waals surface area contributed by atoms with E-state index < -0.39 is 0 Å². The van der Waals surface area contributed by atoms with Crippen LogP contribution in [0.15, 0.2) is 83.5 Å². The molecule has 5 rings (SSSR count). The number of benzene rings is 3. The lowest BCUT2D eigenvalue weighted by Gasteiger charge is -2.28. The first-order valence-corrected chi connectivity index (χ1v) is 8.78. The highest BCUT2D eigenvalue weighted by Gasteiger charge is 2.27. The standard InChI is InChI=1S/C21H18BN3O/c1-2-10-18(23-14-16-8-5-13-26-16)17(9-1)22-24-19-11-3-6-15-7-4-12-20(25-22)21(15)19/h1-13,23-25H,14H2. The lowest BCUT2D eigenvalue weighted by Crippen LogP contribution is -2.48. The molecule has 1 aliphatic heterocycles. The van der Waals surface area contributed by atoms with Crippen LogP contribution in [0.2, 0.25) is 0 Å². The Kier molecular flexibility index (Phi) is 3.56. The second-order valence-electron chi connectivity index (χ2n) is 6.45. The van der Waals surface area contributed by atoms with Gasteiger partial charge in [0.25, 0.3) is 0 Å². The molecule has 4 nitrogen and oxygen atoms in total. The number of hydrogen-bond donors (Lipinski definition) is 3. The van der Waals surface area contributed by atoms with Gasteiger partial charge in [-0.05, 0) is 41.2 Å². The van der Waals surface area contributed by atoms with Gasteiger partial charge in [-0.3, -0.25) is 0 Å². The fraction of sp³-hybridized carbons (Fsp3) is 0.0476. The molecule has 0 saturated heterocycles. The predicted octanol–water partition coefficient (Wildman–Crippen LogP) is 4.28. The van der Waals surface area contributed by atoms with Crippen molar-refractivity contribution in [2.75, 3.05) is 15.8 Å². The Morgan fingerprint density at radius 2 is 1.58 bits per heavy atom. The highest BCUT2D eigenvalue weighted by molar-refractivity contribution is 6.81. The third-order valence-corrected chi connectivity index (χ3v) is 4.81. The number of rotatable bonds is 4. The minimum atomic E-state index is -0.00389. The van der Waals surface area contributed by atoms with Crippen molar-refractivity contribution in [2.45, 2.75) is 6.54 Å². The summed E-state index contributed by atoms with van der Waals surface area (Å²) in [7, 11) is 0. The van der Waals surface area contributed by atoms with E-state index >= 15 is 0 Å². The molecule has 0 atom stereocenters. The zero-order valence-electron chi connectivity index (χ0n) is 14.2.